The van der Waals surface area contributed by atoms with Crippen molar-refractivity contribution in [3.63, 3.8) is 0 Å². The first-order valence-electron chi connectivity index (χ1n) is 6.63. The molecule has 1 fully saturated rings. The van der Waals surface area contributed by atoms with Crippen molar-refractivity contribution in [1.82, 2.24) is 0 Å². The quantitative estimate of drug-likeness (QED) is 0.795. The summed E-state index contributed by atoms with van der Waals surface area (Å²) < 4.78 is 0. The van der Waals surface area contributed by atoms with Gasteiger partial charge >= 0.3 is 0 Å². The van der Waals surface area contributed by atoms with Crippen LogP contribution in [0.15, 0.2) is 18.2 Å². The molecule has 0 heterocycles. The monoisotopic (exact) mass is 262 g/mol. The molecule has 96 valence electrons. The summed E-state index contributed by atoms with van der Waals surface area (Å²) in [6, 6.07) is 8.61. The van der Waals surface area contributed by atoms with Gasteiger partial charge in [-0.25, -0.2) is 0 Å². The number of nitrogens with one attached hydrogen (secondary N) is 1. The van der Waals surface area contributed by atoms with Crippen molar-refractivity contribution in [3.8, 4) is 6.07 Å². The predicted octanol–water partition coefficient (Wildman–Crippen LogP) is 4.53. The molecule has 0 bridgehead atoms. The smallest absolute Gasteiger partial charge is 0.0677 e. The molecule has 1 aromatic rings. The summed E-state index contributed by atoms with van der Waals surface area (Å²) in [6.45, 7) is 2.02. The number of hydrogen-bond acceptors (Lipinski definition) is 2. The zero-order valence-corrected chi connectivity index (χ0v) is 11.5. The van der Waals surface area contributed by atoms with Gasteiger partial charge in [0.15, 0.2) is 0 Å². The van der Waals surface area contributed by atoms with Crippen molar-refractivity contribution in [2.45, 2.75) is 45.1 Å². The normalized spacial score (nSPS) is 24.1. The van der Waals surface area contributed by atoms with Crippen LogP contribution in [0.3, 0.4) is 0 Å². The predicted molar refractivity (Wildman–Crippen MR) is 75.8 cm³/mol. The number of rotatable bonds is 2. The maximum Gasteiger partial charge on any atom is 0.0677 e. The Morgan fingerprint density at radius 2 is 2.06 bits per heavy atom. The summed E-state index contributed by atoms with van der Waals surface area (Å²) in [4.78, 5) is 0. The highest BCUT2D eigenvalue weighted by atomic mass is 35.5. The Labute approximate surface area is 114 Å². The second-order valence-electron chi connectivity index (χ2n) is 5.04. The zero-order chi connectivity index (χ0) is 13.0. The number of halogens is 1. The van der Waals surface area contributed by atoms with Crippen molar-refractivity contribution in [1.29, 1.82) is 5.26 Å². The number of benzene rings is 1. The summed E-state index contributed by atoms with van der Waals surface area (Å²) >= 11 is 6.13. The van der Waals surface area contributed by atoms with E-state index >= 15 is 0 Å². The van der Waals surface area contributed by atoms with E-state index in [9.17, 15) is 5.26 Å². The molecule has 2 unspecified atom stereocenters. The Morgan fingerprint density at radius 3 is 2.83 bits per heavy atom. The van der Waals surface area contributed by atoms with Gasteiger partial charge in [-0.2, -0.15) is 5.26 Å². The maximum atomic E-state index is 9.27. The lowest BCUT2D eigenvalue weighted by Gasteiger charge is -2.23. The molecule has 2 rings (SSSR count). The zero-order valence-electron chi connectivity index (χ0n) is 10.7. The van der Waals surface area contributed by atoms with Gasteiger partial charge in [-0.1, -0.05) is 36.9 Å². The molecule has 0 spiro atoms. The van der Waals surface area contributed by atoms with Gasteiger partial charge in [-0.3, -0.25) is 0 Å². The molecule has 2 atom stereocenters. The summed E-state index contributed by atoms with van der Waals surface area (Å²) in [5, 5.41) is 13.6. The van der Waals surface area contributed by atoms with Crippen LogP contribution < -0.4 is 5.32 Å². The summed E-state index contributed by atoms with van der Waals surface area (Å²) in [7, 11) is 0. The molecule has 0 radical (unpaired) electrons. The summed E-state index contributed by atoms with van der Waals surface area (Å²) in [6.07, 6.45) is 5.70. The molecule has 1 aliphatic rings. The molecule has 3 heteroatoms. The lowest BCUT2D eigenvalue weighted by atomic mass is 9.96. The molecule has 1 aliphatic carbocycles. The molecule has 1 saturated carbocycles. The largest absolute Gasteiger partial charge is 0.381 e. The Balaban J connectivity index is 2.16. The van der Waals surface area contributed by atoms with Crippen molar-refractivity contribution in [3.05, 3.63) is 28.8 Å². The molecule has 0 saturated heterocycles. The van der Waals surface area contributed by atoms with Crippen LogP contribution in [-0.4, -0.2) is 6.04 Å². The van der Waals surface area contributed by atoms with Gasteiger partial charge in [-0.05, 0) is 37.5 Å². The number of anilines is 1. The molecular weight excluding hydrogens is 244 g/mol. The summed E-state index contributed by atoms with van der Waals surface area (Å²) in [5.41, 5.74) is 2.13. The first kappa shape index (κ1) is 13.2. The van der Waals surface area contributed by atoms with Gasteiger partial charge in [0.05, 0.1) is 12.0 Å². The van der Waals surface area contributed by atoms with Crippen LogP contribution >= 0.6 is 11.6 Å². The fourth-order valence-corrected chi connectivity index (χ4v) is 2.77. The third-order valence-corrected chi connectivity index (χ3v) is 4.20. The summed E-state index contributed by atoms with van der Waals surface area (Å²) in [5.74, 6) is 0.117. The van der Waals surface area contributed by atoms with Crippen LogP contribution in [0, 0.1) is 24.2 Å². The molecule has 0 aliphatic heterocycles. The first-order chi connectivity index (χ1) is 8.72. The first-order valence-corrected chi connectivity index (χ1v) is 7.01. The van der Waals surface area contributed by atoms with Crippen LogP contribution in [-0.2, 0) is 0 Å². The van der Waals surface area contributed by atoms with E-state index in [1.807, 2.05) is 25.1 Å². The minimum absolute atomic E-state index is 0.117. The fourth-order valence-electron chi connectivity index (χ4n) is 2.60. The standard InChI is InChI=1S/C15H19ClN2/c1-11-13(16)7-5-9-14(11)18-15-8-4-2-3-6-12(15)10-17/h5,7,9,12,15,18H,2-4,6,8H2,1H3. The maximum absolute atomic E-state index is 9.27. The van der Waals surface area contributed by atoms with Crippen LogP contribution in [0.5, 0.6) is 0 Å². The number of nitrogens with zero attached hydrogens (tertiary/aromatic N) is 1. The van der Waals surface area contributed by atoms with E-state index in [2.05, 4.69) is 11.4 Å². The van der Waals surface area contributed by atoms with Gasteiger partial charge in [0, 0.05) is 16.8 Å². The average molecular weight is 263 g/mol. The number of hydrogen-bond donors (Lipinski definition) is 1. The molecule has 1 aromatic carbocycles. The molecule has 0 aromatic heterocycles. The van der Waals surface area contributed by atoms with Gasteiger partial charge in [0.1, 0.15) is 0 Å². The SMILES string of the molecule is Cc1c(Cl)cccc1NC1CCCCCC1C#N. The Hall–Kier alpha value is -1.20. The van der Waals surface area contributed by atoms with Gasteiger partial charge in [-0.15, -0.1) is 0 Å². The third kappa shape index (κ3) is 2.97. The fraction of sp³-hybridized carbons (Fsp3) is 0.533. The van der Waals surface area contributed by atoms with Gasteiger partial charge in [0.2, 0.25) is 0 Å². The average Bonchev–Trinajstić information content (AvgIpc) is 2.60. The van der Waals surface area contributed by atoms with E-state index in [4.69, 9.17) is 11.6 Å². The van der Waals surface area contributed by atoms with E-state index in [0.717, 1.165) is 29.1 Å². The van der Waals surface area contributed by atoms with Crippen molar-refractivity contribution in [2.75, 3.05) is 5.32 Å². The lowest BCUT2D eigenvalue weighted by Crippen LogP contribution is -2.27. The minimum Gasteiger partial charge on any atom is -0.381 e. The van der Waals surface area contributed by atoms with E-state index < -0.39 is 0 Å². The topological polar surface area (TPSA) is 35.8 Å². The molecule has 0 amide bonds. The van der Waals surface area contributed by atoms with Crippen LogP contribution in [0.2, 0.25) is 5.02 Å². The van der Waals surface area contributed by atoms with Crippen LogP contribution in [0.25, 0.3) is 0 Å². The van der Waals surface area contributed by atoms with Gasteiger partial charge in [0.25, 0.3) is 0 Å². The highest BCUT2D eigenvalue weighted by Crippen LogP contribution is 2.29. The highest BCUT2D eigenvalue weighted by Gasteiger charge is 2.23. The second kappa shape index (κ2) is 6.11. The molecule has 1 N–H and O–H groups in total. The third-order valence-electron chi connectivity index (χ3n) is 3.79. The minimum atomic E-state index is 0.117. The Kier molecular flexibility index (Phi) is 4.49. The second-order valence-corrected chi connectivity index (χ2v) is 5.44. The van der Waals surface area contributed by atoms with Crippen molar-refractivity contribution < 1.29 is 0 Å². The molecular formula is C15H19ClN2. The van der Waals surface area contributed by atoms with Crippen LogP contribution in [0.1, 0.15) is 37.7 Å². The highest BCUT2D eigenvalue weighted by molar-refractivity contribution is 6.31. The molecule has 18 heavy (non-hydrogen) atoms. The lowest BCUT2D eigenvalue weighted by molar-refractivity contribution is 0.514. The van der Waals surface area contributed by atoms with Crippen molar-refractivity contribution >= 4 is 17.3 Å². The van der Waals surface area contributed by atoms with E-state index in [-0.39, 0.29) is 12.0 Å². The van der Waals surface area contributed by atoms with E-state index in [1.54, 1.807) is 0 Å². The molecule has 2 nitrogen and oxygen atoms in total. The Bertz CT molecular complexity index is 450. The van der Waals surface area contributed by atoms with Crippen LogP contribution in [0.4, 0.5) is 5.69 Å². The van der Waals surface area contributed by atoms with Gasteiger partial charge < -0.3 is 5.32 Å². The Morgan fingerprint density at radius 1 is 1.28 bits per heavy atom. The van der Waals surface area contributed by atoms with E-state index in [1.165, 1.54) is 19.3 Å². The van der Waals surface area contributed by atoms with Crippen molar-refractivity contribution in [2.24, 2.45) is 5.92 Å². The van der Waals surface area contributed by atoms with E-state index in [0.29, 0.717) is 0 Å². The number of nitriles is 1.